The van der Waals surface area contributed by atoms with Crippen molar-refractivity contribution in [1.82, 2.24) is 9.80 Å². The van der Waals surface area contributed by atoms with Crippen molar-refractivity contribution in [3.63, 3.8) is 0 Å². The number of nitriles is 1. The number of piperazine rings is 1. The van der Waals surface area contributed by atoms with Crippen molar-refractivity contribution in [1.29, 1.82) is 5.26 Å². The van der Waals surface area contributed by atoms with E-state index in [1.165, 1.54) is 18.2 Å². The number of ketones is 1. The van der Waals surface area contributed by atoms with Crippen molar-refractivity contribution in [2.45, 2.75) is 65.0 Å². The van der Waals surface area contributed by atoms with Gasteiger partial charge < -0.3 is 4.90 Å². The first kappa shape index (κ1) is 26.0. The quantitative estimate of drug-likeness (QED) is 0.481. The molecular formula is C29H33F2N3O2. The summed E-state index contributed by atoms with van der Waals surface area (Å²) in [6, 6.07) is 11.5. The number of alkyl halides is 2. The van der Waals surface area contributed by atoms with Gasteiger partial charge in [0.15, 0.2) is 5.78 Å². The summed E-state index contributed by atoms with van der Waals surface area (Å²) >= 11 is 0. The summed E-state index contributed by atoms with van der Waals surface area (Å²) < 4.78 is 26.2. The van der Waals surface area contributed by atoms with Crippen molar-refractivity contribution >= 4 is 11.7 Å². The monoisotopic (exact) mass is 493 g/mol. The second-order valence-electron chi connectivity index (χ2n) is 10.2. The van der Waals surface area contributed by atoms with E-state index in [0.717, 1.165) is 55.5 Å². The lowest BCUT2D eigenvalue weighted by Gasteiger charge is -2.41. The number of carbonyl (C=O) groups excluding carboxylic acids is 2. The molecule has 0 aromatic heterocycles. The smallest absolute Gasteiger partial charge is 0.263 e. The standard InChI is InChI=1S/C29H33F2N3O2/c1-19-17-33(10-11-34(19)29(36)22-6-3-4-7-22)18-26-13-21(16-32)12-25(20(26)2)15-27(35)23-8-5-9-24(14-23)28(30)31/h5,8-9,12-14,19,22,28H,3-4,6-7,10-11,15,17-18H2,1-2H3/t19-/m0/s1. The molecule has 1 atom stereocenters. The first-order valence-electron chi connectivity index (χ1n) is 12.7. The van der Waals surface area contributed by atoms with Gasteiger partial charge in [0.25, 0.3) is 6.43 Å². The van der Waals surface area contributed by atoms with Gasteiger partial charge in [-0.3, -0.25) is 14.5 Å². The number of hydrogen-bond acceptors (Lipinski definition) is 4. The van der Waals surface area contributed by atoms with Crippen LogP contribution < -0.4 is 0 Å². The second kappa shape index (κ2) is 11.3. The van der Waals surface area contributed by atoms with Crippen LogP contribution in [-0.2, 0) is 17.8 Å². The number of carbonyl (C=O) groups is 2. The zero-order valence-corrected chi connectivity index (χ0v) is 21.0. The summed E-state index contributed by atoms with van der Waals surface area (Å²) in [5.74, 6) is 0.211. The van der Waals surface area contributed by atoms with E-state index in [2.05, 4.69) is 17.9 Å². The normalized spacial score (nSPS) is 19.0. The molecule has 1 heterocycles. The molecule has 5 nitrogen and oxygen atoms in total. The van der Waals surface area contributed by atoms with Crippen LogP contribution in [0.1, 0.15) is 77.2 Å². The molecule has 2 fully saturated rings. The first-order chi connectivity index (χ1) is 17.3. The highest BCUT2D eigenvalue weighted by Crippen LogP contribution is 2.29. The van der Waals surface area contributed by atoms with Gasteiger partial charge in [-0.2, -0.15) is 5.26 Å². The number of halogens is 2. The molecular weight excluding hydrogens is 460 g/mol. The van der Waals surface area contributed by atoms with E-state index in [9.17, 15) is 23.6 Å². The number of amides is 1. The van der Waals surface area contributed by atoms with E-state index in [1.54, 1.807) is 12.1 Å². The van der Waals surface area contributed by atoms with Crippen molar-refractivity contribution in [2.75, 3.05) is 19.6 Å². The Labute approximate surface area is 211 Å². The molecule has 0 N–H and O–H groups in total. The molecule has 0 bridgehead atoms. The molecule has 2 aromatic rings. The first-order valence-corrected chi connectivity index (χ1v) is 12.7. The Hall–Kier alpha value is -3.11. The Bertz CT molecular complexity index is 1170. The average Bonchev–Trinajstić information content (AvgIpc) is 3.41. The van der Waals surface area contributed by atoms with Gasteiger partial charge in [0.2, 0.25) is 5.91 Å². The summed E-state index contributed by atoms with van der Waals surface area (Å²) in [5, 5.41) is 9.60. The van der Waals surface area contributed by atoms with Crippen molar-refractivity contribution in [3.8, 4) is 6.07 Å². The van der Waals surface area contributed by atoms with Crippen molar-refractivity contribution in [2.24, 2.45) is 5.92 Å². The van der Waals surface area contributed by atoms with E-state index in [-0.39, 0.29) is 35.3 Å². The minimum absolute atomic E-state index is 0.0428. The molecule has 1 aliphatic carbocycles. The van der Waals surface area contributed by atoms with Crippen LogP contribution in [0.15, 0.2) is 36.4 Å². The number of nitrogens with zero attached hydrogens (tertiary/aromatic N) is 3. The lowest BCUT2D eigenvalue weighted by Crippen LogP contribution is -2.54. The van der Waals surface area contributed by atoms with Gasteiger partial charge in [0, 0.05) is 55.7 Å². The Balaban J connectivity index is 1.47. The number of hydrogen-bond donors (Lipinski definition) is 0. The average molecular weight is 494 g/mol. The zero-order chi connectivity index (χ0) is 25.8. The van der Waals surface area contributed by atoms with Gasteiger partial charge in [-0.05, 0) is 61.6 Å². The molecule has 1 amide bonds. The molecule has 2 aromatic carbocycles. The van der Waals surface area contributed by atoms with Gasteiger partial charge in [0.1, 0.15) is 0 Å². The van der Waals surface area contributed by atoms with E-state index < -0.39 is 6.43 Å². The number of Topliss-reactive ketones (excluding diaryl/α,β-unsaturated/α-hetero) is 1. The van der Waals surface area contributed by atoms with Crippen LogP contribution in [-0.4, -0.2) is 47.2 Å². The Morgan fingerprint density at radius 1 is 1.11 bits per heavy atom. The predicted octanol–water partition coefficient (Wildman–Crippen LogP) is 5.45. The highest BCUT2D eigenvalue weighted by Gasteiger charge is 2.33. The lowest BCUT2D eigenvalue weighted by molar-refractivity contribution is -0.140. The molecule has 190 valence electrons. The van der Waals surface area contributed by atoms with Gasteiger partial charge in [-0.25, -0.2) is 8.78 Å². The van der Waals surface area contributed by atoms with Crippen LogP contribution in [0.5, 0.6) is 0 Å². The molecule has 1 saturated carbocycles. The highest BCUT2D eigenvalue weighted by molar-refractivity contribution is 5.97. The fourth-order valence-corrected chi connectivity index (χ4v) is 5.53. The summed E-state index contributed by atoms with van der Waals surface area (Å²) in [5.41, 5.74) is 3.18. The fraction of sp³-hybridized carbons (Fsp3) is 0.483. The van der Waals surface area contributed by atoms with E-state index in [4.69, 9.17) is 0 Å². The highest BCUT2D eigenvalue weighted by atomic mass is 19.3. The maximum absolute atomic E-state index is 13.1. The summed E-state index contributed by atoms with van der Waals surface area (Å²) in [7, 11) is 0. The van der Waals surface area contributed by atoms with Gasteiger partial charge in [-0.1, -0.05) is 31.0 Å². The van der Waals surface area contributed by atoms with Gasteiger partial charge in [-0.15, -0.1) is 0 Å². The molecule has 4 rings (SSSR count). The lowest BCUT2D eigenvalue weighted by atomic mass is 9.93. The molecule has 0 spiro atoms. The van der Waals surface area contributed by atoms with Crippen LogP contribution in [0, 0.1) is 24.2 Å². The number of rotatable bonds is 7. The van der Waals surface area contributed by atoms with E-state index >= 15 is 0 Å². The fourth-order valence-electron chi connectivity index (χ4n) is 5.53. The van der Waals surface area contributed by atoms with Crippen molar-refractivity contribution < 1.29 is 18.4 Å². The van der Waals surface area contributed by atoms with Crippen molar-refractivity contribution in [3.05, 3.63) is 69.8 Å². The van der Waals surface area contributed by atoms with Gasteiger partial charge in [0.05, 0.1) is 11.6 Å². The maximum atomic E-state index is 13.1. The predicted molar refractivity (Wildman–Crippen MR) is 134 cm³/mol. The van der Waals surface area contributed by atoms with Crippen LogP contribution in [0.25, 0.3) is 0 Å². The van der Waals surface area contributed by atoms with Crippen LogP contribution in [0.2, 0.25) is 0 Å². The Morgan fingerprint density at radius 3 is 2.50 bits per heavy atom. The maximum Gasteiger partial charge on any atom is 0.263 e. The summed E-state index contributed by atoms with van der Waals surface area (Å²) in [4.78, 5) is 30.2. The van der Waals surface area contributed by atoms with Crippen LogP contribution >= 0.6 is 0 Å². The molecule has 2 aliphatic rings. The molecule has 0 radical (unpaired) electrons. The van der Waals surface area contributed by atoms with E-state index in [1.807, 2.05) is 17.9 Å². The molecule has 1 saturated heterocycles. The second-order valence-corrected chi connectivity index (χ2v) is 10.2. The molecule has 1 aliphatic heterocycles. The molecule has 36 heavy (non-hydrogen) atoms. The van der Waals surface area contributed by atoms with E-state index in [0.29, 0.717) is 24.6 Å². The number of benzene rings is 2. The Morgan fingerprint density at radius 2 is 1.83 bits per heavy atom. The van der Waals surface area contributed by atoms with Crippen LogP contribution in [0.3, 0.4) is 0 Å². The zero-order valence-electron chi connectivity index (χ0n) is 21.0. The summed E-state index contributed by atoms with van der Waals surface area (Å²) in [6.07, 6.45) is 1.69. The third kappa shape index (κ3) is 5.82. The van der Waals surface area contributed by atoms with Crippen LogP contribution in [0.4, 0.5) is 8.78 Å². The third-order valence-corrected chi connectivity index (χ3v) is 7.66. The topological polar surface area (TPSA) is 64.4 Å². The minimum Gasteiger partial charge on any atom is -0.337 e. The molecule has 0 unspecified atom stereocenters. The Kier molecular flexibility index (Phi) is 8.15. The summed E-state index contributed by atoms with van der Waals surface area (Å²) in [6.45, 7) is 6.86. The third-order valence-electron chi connectivity index (χ3n) is 7.66. The SMILES string of the molecule is Cc1c(CC(=O)c2cccc(C(F)F)c2)cc(C#N)cc1CN1CCN(C(=O)C2CCCC2)[C@@H](C)C1. The minimum atomic E-state index is -2.63. The van der Waals surface area contributed by atoms with Gasteiger partial charge >= 0.3 is 0 Å². The largest absolute Gasteiger partial charge is 0.337 e. The molecule has 7 heteroatoms.